The van der Waals surface area contributed by atoms with Crippen LogP contribution in [0.1, 0.15) is 13.8 Å². The van der Waals surface area contributed by atoms with Gasteiger partial charge in [-0.15, -0.1) is 0 Å². The van der Waals surface area contributed by atoms with E-state index in [0.717, 1.165) is 5.69 Å². The van der Waals surface area contributed by atoms with Crippen molar-refractivity contribution in [3.63, 3.8) is 0 Å². The van der Waals surface area contributed by atoms with Crippen LogP contribution in [0, 0.1) is 0 Å². The Morgan fingerprint density at radius 2 is 1.45 bits per heavy atom. The molecular formula is C22H27N3O5S. The molecule has 1 heterocycles. The van der Waals surface area contributed by atoms with E-state index in [4.69, 9.17) is 4.74 Å². The largest absolute Gasteiger partial charge is 0.451 e. The van der Waals surface area contributed by atoms with Crippen LogP contribution in [0.3, 0.4) is 0 Å². The third-order valence-electron chi connectivity index (χ3n) is 5.09. The third-order valence-corrected chi connectivity index (χ3v) is 6.65. The number of rotatable bonds is 7. The van der Waals surface area contributed by atoms with E-state index in [1.807, 2.05) is 30.3 Å². The molecule has 31 heavy (non-hydrogen) atoms. The minimum atomic E-state index is -3.87. The molecular weight excluding hydrogens is 418 g/mol. The Morgan fingerprint density at radius 3 is 2.03 bits per heavy atom. The Hall–Kier alpha value is -2.91. The molecule has 0 unspecified atom stereocenters. The van der Waals surface area contributed by atoms with Crippen LogP contribution in [0.15, 0.2) is 65.6 Å². The van der Waals surface area contributed by atoms with E-state index in [1.165, 1.54) is 26.0 Å². The van der Waals surface area contributed by atoms with Crippen molar-refractivity contribution in [2.24, 2.45) is 0 Å². The standard InChI is InChI=1S/C22H27N3O5S/c1-17(23-31(28,29)20-11-7-4-8-12-20)22(27)30-18(2)21(26)25-15-13-24(14-16-25)19-9-5-3-6-10-19/h3-12,17-18,23H,13-16H2,1-2H3/t17-,18+/m1/s1. The second-order valence-electron chi connectivity index (χ2n) is 7.38. The Balaban J connectivity index is 1.50. The zero-order valence-electron chi connectivity index (χ0n) is 17.6. The van der Waals surface area contributed by atoms with Gasteiger partial charge in [0.2, 0.25) is 10.0 Å². The zero-order valence-corrected chi connectivity index (χ0v) is 18.4. The highest BCUT2D eigenvalue weighted by Gasteiger charge is 2.30. The minimum absolute atomic E-state index is 0.0510. The van der Waals surface area contributed by atoms with Gasteiger partial charge in [-0.25, -0.2) is 8.42 Å². The molecule has 166 valence electrons. The number of piperazine rings is 1. The fourth-order valence-corrected chi connectivity index (χ4v) is 4.57. The molecule has 2 atom stereocenters. The molecule has 0 bridgehead atoms. The number of nitrogens with zero attached hydrogens (tertiary/aromatic N) is 2. The van der Waals surface area contributed by atoms with Crippen LogP contribution in [0.5, 0.6) is 0 Å². The maximum absolute atomic E-state index is 12.7. The first-order valence-electron chi connectivity index (χ1n) is 10.1. The molecule has 1 aliphatic heterocycles. The Morgan fingerprint density at radius 1 is 0.903 bits per heavy atom. The van der Waals surface area contributed by atoms with E-state index in [1.54, 1.807) is 23.1 Å². The molecule has 0 aromatic heterocycles. The van der Waals surface area contributed by atoms with Crippen molar-refractivity contribution >= 4 is 27.6 Å². The fourth-order valence-electron chi connectivity index (χ4n) is 3.36. The minimum Gasteiger partial charge on any atom is -0.451 e. The highest BCUT2D eigenvalue weighted by atomic mass is 32.2. The normalized spacial score (nSPS) is 16.5. The van der Waals surface area contributed by atoms with Crippen LogP contribution in [0.2, 0.25) is 0 Å². The number of carbonyl (C=O) groups is 2. The van der Waals surface area contributed by atoms with Crippen LogP contribution in [-0.2, 0) is 24.3 Å². The quantitative estimate of drug-likeness (QED) is 0.651. The number of nitrogens with one attached hydrogen (secondary N) is 1. The Bertz CT molecular complexity index is 990. The van der Waals surface area contributed by atoms with E-state index in [9.17, 15) is 18.0 Å². The molecule has 8 nitrogen and oxygen atoms in total. The first-order valence-corrected chi connectivity index (χ1v) is 11.6. The molecule has 1 N–H and O–H groups in total. The number of sulfonamides is 1. The summed E-state index contributed by atoms with van der Waals surface area (Å²) in [5.74, 6) is -1.09. The number of benzene rings is 2. The molecule has 1 amide bonds. The number of hydrogen-bond acceptors (Lipinski definition) is 6. The molecule has 9 heteroatoms. The number of ether oxygens (including phenoxy) is 1. The van der Waals surface area contributed by atoms with E-state index in [2.05, 4.69) is 9.62 Å². The monoisotopic (exact) mass is 445 g/mol. The van der Waals surface area contributed by atoms with Crippen LogP contribution in [0.4, 0.5) is 5.69 Å². The average Bonchev–Trinajstić information content (AvgIpc) is 2.79. The van der Waals surface area contributed by atoms with Gasteiger partial charge in [-0.3, -0.25) is 9.59 Å². The van der Waals surface area contributed by atoms with Gasteiger partial charge < -0.3 is 14.5 Å². The average molecular weight is 446 g/mol. The fraction of sp³-hybridized carbons (Fsp3) is 0.364. The lowest BCUT2D eigenvalue weighted by Crippen LogP contribution is -2.52. The molecule has 1 fully saturated rings. The Labute approximate surface area is 182 Å². The maximum Gasteiger partial charge on any atom is 0.324 e. The van der Waals surface area contributed by atoms with Crippen molar-refractivity contribution in [3.05, 3.63) is 60.7 Å². The highest BCUT2D eigenvalue weighted by Crippen LogP contribution is 2.16. The first-order chi connectivity index (χ1) is 14.8. The van der Waals surface area contributed by atoms with E-state index >= 15 is 0 Å². The van der Waals surface area contributed by atoms with E-state index in [0.29, 0.717) is 26.2 Å². The lowest BCUT2D eigenvalue weighted by Gasteiger charge is -2.37. The number of carbonyl (C=O) groups excluding carboxylic acids is 2. The second-order valence-corrected chi connectivity index (χ2v) is 9.10. The van der Waals surface area contributed by atoms with Gasteiger partial charge in [0.05, 0.1) is 4.90 Å². The van der Waals surface area contributed by atoms with Crippen molar-refractivity contribution in [2.45, 2.75) is 30.9 Å². The lowest BCUT2D eigenvalue weighted by molar-refractivity contribution is -0.160. The first kappa shape index (κ1) is 22.8. The summed E-state index contributed by atoms with van der Waals surface area (Å²) >= 11 is 0. The molecule has 0 aliphatic carbocycles. The summed E-state index contributed by atoms with van der Waals surface area (Å²) in [7, 11) is -3.87. The number of para-hydroxylation sites is 1. The van der Waals surface area contributed by atoms with Crippen LogP contribution in [-0.4, -0.2) is 63.5 Å². The molecule has 2 aromatic rings. The SMILES string of the molecule is C[C@H](OC(=O)[C@@H](C)NS(=O)(=O)c1ccccc1)C(=O)N1CCN(c2ccccc2)CC1. The summed E-state index contributed by atoms with van der Waals surface area (Å²) in [6.45, 7) is 5.30. The third kappa shape index (κ3) is 5.83. The van der Waals surface area contributed by atoms with E-state index < -0.39 is 28.1 Å². The number of hydrogen-bond donors (Lipinski definition) is 1. The van der Waals surface area contributed by atoms with Gasteiger partial charge in [-0.05, 0) is 38.1 Å². The molecule has 1 aliphatic rings. The summed E-state index contributed by atoms with van der Waals surface area (Å²) in [4.78, 5) is 29.0. The van der Waals surface area contributed by atoms with Crippen LogP contribution >= 0.6 is 0 Å². The zero-order chi connectivity index (χ0) is 22.4. The molecule has 1 saturated heterocycles. The summed E-state index contributed by atoms with van der Waals surface area (Å²) < 4.78 is 32.3. The number of amides is 1. The summed E-state index contributed by atoms with van der Waals surface area (Å²) in [5, 5.41) is 0. The topological polar surface area (TPSA) is 96.0 Å². The molecule has 2 aromatic carbocycles. The highest BCUT2D eigenvalue weighted by molar-refractivity contribution is 7.89. The van der Waals surface area contributed by atoms with Gasteiger partial charge in [-0.2, -0.15) is 4.72 Å². The number of anilines is 1. The van der Waals surface area contributed by atoms with E-state index in [-0.39, 0.29) is 10.8 Å². The van der Waals surface area contributed by atoms with Crippen molar-refractivity contribution in [1.29, 1.82) is 0 Å². The van der Waals surface area contributed by atoms with Crippen LogP contribution in [0.25, 0.3) is 0 Å². The van der Waals surface area contributed by atoms with Crippen LogP contribution < -0.4 is 9.62 Å². The Kier molecular flexibility index (Phi) is 7.29. The second kappa shape index (κ2) is 9.93. The molecule has 3 rings (SSSR count). The van der Waals surface area contributed by atoms with Gasteiger partial charge >= 0.3 is 5.97 Å². The predicted octanol–water partition coefficient (Wildman–Crippen LogP) is 1.63. The van der Waals surface area contributed by atoms with Crippen molar-refractivity contribution in [2.75, 3.05) is 31.1 Å². The predicted molar refractivity (Wildman–Crippen MR) is 117 cm³/mol. The molecule has 0 spiro atoms. The maximum atomic E-state index is 12.7. The number of esters is 1. The molecule has 0 radical (unpaired) electrons. The van der Waals surface area contributed by atoms with Crippen molar-refractivity contribution in [1.82, 2.24) is 9.62 Å². The lowest BCUT2D eigenvalue weighted by atomic mass is 10.2. The smallest absolute Gasteiger partial charge is 0.324 e. The van der Waals surface area contributed by atoms with Gasteiger partial charge in [0.25, 0.3) is 5.91 Å². The van der Waals surface area contributed by atoms with Gasteiger partial charge in [0, 0.05) is 31.9 Å². The summed E-state index contributed by atoms with van der Waals surface area (Å²) in [6, 6.07) is 16.6. The summed E-state index contributed by atoms with van der Waals surface area (Å²) in [6.07, 6.45) is -1.00. The van der Waals surface area contributed by atoms with Gasteiger partial charge in [-0.1, -0.05) is 36.4 Å². The molecule has 0 saturated carbocycles. The van der Waals surface area contributed by atoms with Gasteiger partial charge in [0.15, 0.2) is 6.10 Å². The van der Waals surface area contributed by atoms with Gasteiger partial charge in [0.1, 0.15) is 6.04 Å². The van der Waals surface area contributed by atoms with Crippen molar-refractivity contribution < 1.29 is 22.7 Å². The van der Waals surface area contributed by atoms with Crippen molar-refractivity contribution in [3.8, 4) is 0 Å². The summed E-state index contributed by atoms with van der Waals surface area (Å²) in [5.41, 5.74) is 1.11.